The van der Waals surface area contributed by atoms with Crippen LogP contribution in [0.5, 0.6) is 0 Å². The average Bonchev–Trinajstić information content (AvgIpc) is 3.14. The van der Waals surface area contributed by atoms with Gasteiger partial charge in [0, 0.05) is 34.1 Å². The molecule has 1 saturated heterocycles. The Kier molecular flexibility index (Phi) is 5.04. The highest BCUT2D eigenvalue weighted by molar-refractivity contribution is 8.35. The minimum Gasteiger partial charge on any atom is -0.322 e. The van der Waals surface area contributed by atoms with Crippen molar-refractivity contribution in [2.75, 3.05) is 24.7 Å². The molecule has 1 unspecified atom stereocenters. The summed E-state index contributed by atoms with van der Waals surface area (Å²) < 4.78 is 29.1. The van der Waals surface area contributed by atoms with Crippen LogP contribution in [0, 0.1) is 5.82 Å². The minimum atomic E-state index is -1.74. The van der Waals surface area contributed by atoms with Gasteiger partial charge in [-0.25, -0.2) is 9.40 Å². The second-order valence-electron chi connectivity index (χ2n) is 7.96. The molecule has 31 heavy (non-hydrogen) atoms. The Morgan fingerprint density at radius 3 is 2.19 bits per heavy atom. The third-order valence-corrected chi connectivity index (χ3v) is 8.98. The second-order valence-corrected chi connectivity index (χ2v) is 10.9. The zero-order chi connectivity index (χ0) is 21.6. The van der Waals surface area contributed by atoms with Crippen molar-refractivity contribution in [2.24, 2.45) is 0 Å². The fourth-order valence-electron chi connectivity index (χ4n) is 4.07. The standard InChI is InChI=1S/C24H23F2N3OS/c1-31(29(26)28-14-2-3-15-28)22-13-12-21(16-23(22)31)27-24(30)19-6-4-17(5-7-19)18-8-10-20(25)11-9-18/h4-13,16H,2-3,14-15H2,1H3,(H,27,30). The number of nitrogens with one attached hydrogen (secondary N) is 1. The summed E-state index contributed by atoms with van der Waals surface area (Å²) in [7, 11) is -1.74. The van der Waals surface area contributed by atoms with Gasteiger partial charge in [0.05, 0.1) is 0 Å². The Balaban J connectivity index is 1.28. The van der Waals surface area contributed by atoms with Gasteiger partial charge in [-0.15, -0.1) is 4.48 Å². The summed E-state index contributed by atoms with van der Waals surface area (Å²) in [6, 6.07) is 19.0. The van der Waals surface area contributed by atoms with Crippen molar-refractivity contribution in [2.45, 2.75) is 22.6 Å². The summed E-state index contributed by atoms with van der Waals surface area (Å²) in [6.07, 6.45) is 4.00. The molecule has 0 spiro atoms. The van der Waals surface area contributed by atoms with Crippen LogP contribution in [0.2, 0.25) is 0 Å². The minimum absolute atomic E-state index is 0.223. The third kappa shape index (κ3) is 3.63. The highest BCUT2D eigenvalue weighted by atomic mass is 32.3. The molecule has 0 saturated carbocycles. The van der Waals surface area contributed by atoms with E-state index in [1.165, 1.54) is 12.1 Å². The molecule has 0 radical (unpaired) electrons. The molecular weight excluding hydrogens is 416 g/mol. The van der Waals surface area contributed by atoms with Gasteiger partial charge in [-0.05, 0) is 77.3 Å². The SMILES string of the molecule is CS1(N(F)N2CCCC2)c2ccc(NC(=O)c3ccc(-c4ccc(F)cc4)cc3)cc21. The predicted octanol–water partition coefficient (Wildman–Crippen LogP) is 6.02. The first-order valence-electron chi connectivity index (χ1n) is 10.3. The molecule has 3 aromatic rings. The fourth-order valence-corrected chi connectivity index (χ4v) is 6.84. The predicted molar refractivity (Wildman–Crippen MR) is 120 cm³/mol. The number of hydrazine groups is 1. The number of amides is 1. The molecule has 2 heterocycles. The Bertz CT molecular complexity index is 1130. The Morgan fingerprint density at radius 2 is 1.55 bits per heavy atom. The summed E-state index contributed by atoms with van der Waals surface area (Å²) in [5.41, 5.74) is 2.98. The van der Waals surface area contributed by atoms with Gasteiger partial charge < -0.3 is 5.32 Å². The number of hydrogen-bond donors (Lipinski definition) is 1. The van der Waals surface area contributed by atoms with Crippen molar-refractivity contribution in [3.63, 3.8) is 0 Å². The number of halogens is 2. The van der Waals surface area contributed by atoms with Crippen LogP contribution in [0.25, 0.3) is 11.1 Å². The van der Waals surface area contributed by atoms with Gasteiger partial charge in [-0.2, -0.15) is 0 Å². The topological polar surface area (TPSA) is 35.6 Å². The van der Waals surface area contributed by atoms with Crippen LogP contribution in [-0.4, -0.2) is 34.9 Å². The number of carbonyl (C=O) groups is 1. The van der Waals surface area contributed by atoms with Gasteiger partial charge >= 0.3 is 0 Å². The van der Waals surface area contributed by atoms with Gasteiger partial charge in [0.25, 0.3) is 5.91 Å². The van der Waals surface area contributed by atoms with Crippen LogP contribution in [0.1, 0.15) is 23.2 Å². The van der Waals surface area contributed by atoms with E-state index in [1.54, 1.807) is 29.3 Å². The number of fused-ring (bicyclic) bond motifs is 1. The largest absolute Gasteiger partial charge is 0.322 e. The molecule has 160 valence electrons. The molecule has 1 N–H and O–H groups in total. The van der Waals surface area contributed by atoms with Gasteiger partial charge in [-0.1, -0.05) is 34.5 Å². The average molecular weight is 440 g/mol. The number of nitrogens with zero attached hydrogens (tertiary/aromatic N) is 2. The molecule has 5 rings (SSSR count). The number of hydrogen-bond acceptors (Lipinski definition) is 3. The Labute approximate surface area is 181 Å². The third-order valence-electron chi connectivity index (χ3n) is 5.95. The molecule has 0 aliphatic carbocycles. The maximum absolute atomic E-state index is 15.0. The second kappa shape index (κ2) is 7.75. The number of carbonyl (C=O) groups excluding carboxylic acids is 1. The lowest BCUT2D eigenvalue weighted by atomic mass is 10.0. The zero-order valence-electron chi connectivity index (χ0n) is 17.1. The van der Waals surface area contributed by atoms with Crippen LogP contribution in [0.4, 0.5) is 14.6 Å². The van der Waals surface area contributed by atoms with Crippen LogP contribution in [-0.2, 0) is 0 Å². The van der Waals surface area contributed by atoms with Crippen molar-refractivity contribution in [3.05, 3.63) is 78.1 Å². The lowest BCUT2D eigenvalue weighted by Gasteiger charge is -2.31. The van der Waals surface area contributed by atoms with Crippen molar-refractivity contribution < 1.29 is 13.7 Å². The van der Waals surface area contributed by atoms with E-state index in [2.05, 4.69) is 5.32 Å². The molecule has 4 nitrogen and oxygen atoms in total. The molecule has 2 aliphatic rings. The molecule has 3 aromatic carbocycles. The van der Waals surface area contributed by atoms with Crippen molar-refractivity contribution in [3.8, 4) is 11.1 Å². The molecule has 1 atom stereocenters. The molecule has 0 bridgehead atoms. The summed E-state index contributed by atoms with van der Waals surface area (Å²) in [6.45, 7) is 1.51. The summed E-state index contributed by atoms with van der Waals surface area (Å²) in [5.74, 6) is -0.503. The summed E-state index contributed by atoms with van der Waals surface area (Å²) in [4.78, 5) is 14.7. The van der Waals surface area contributed by atoms with E-state index in [4.69, 9.17) is 0 Å². The quantitative estimate of drug-likeness (QED) is 0.390. The molecular formula is C24H23F2N3OS. The van der Waals surface area contributed by atoms with E-state index in [1.807, 2.05) is 36.6 Å². The molecule has 2 aliphatic heterocycles. The first-order valence-corrected chi connectivity index (χ1v) is 12.3. The van der Waals surface area contributed by atoms with E-state index in [-0.39, 0.29) is 11.7 Å². The van der Waals surface area contributed by atoms with Crippen LogP contribution < -0.4 is 5.32 Å². The van der Waals surface area contributed by atoms with Crippen LogP contribution >= 0.6 is 10.2 Å². The van der Waals surface area contributed by atoms with Gasteiger partial charge in [0.1, 0.15) is 5.82 Å². The van der Waals surface area contributed by atoms with E-state index < -0.39 is 10.2 Å². The first-order chi connectivity index (χ1) is 15.0. The molecule has 7 heteroatoms. The highest BCUT2D eigenvalue weighted by Crippen LogP contribution is 2.79. The van der Waals surface area contributed by atoms with Crippen molar-refractivity contribution >= 4 is 21.8 Å². The van der Waals surface area contributed by atoms with Crippen molar-refractivity contribution in [1.82, 2.24) is 9.65 Å². The zero-order valence-corrected chi connectivity index (χ0v) is 18.0. The lowest BCUT2D eigenvalue weighted by Crippen LogP contribution is -2.32. The first kappa shape index (κ1) is 20.2. The smallest absolute Gasteiger partial charge is 0.255 e. The van der Waals surface area contributed by atoms with Gasteiger partial charge in [-0.3, -0.25) is 4.79 Å². The Morgan fingerprint density at radius 1 is 0.935 bits per heavy atom. The van der Waals surface area contributed by atoms with E-state index in [9.17, 15) is 9.18 Å². The number of anilines is 1. The summed E-state index contributed by atoms with van der Waals surface area (Å²) >= 11 is 0. The lowest BCUT2D eigenvalue weighted by molar-refractivity contribution is -0.0619. The maximum atomic E-state index is 15.0. The van der Waals surface area contributed by atoms with Gasteiger partial charge in [0.15, 0.2) is 0 Å². The molecule has 1 fully saturated rings. The van der Waals surface area contributed by atoms with E-state index in [0.29, 0.717) is 11.3 Å². The fraction of sp³-hybridized carbons (Fsp3) is 0.208. The monoisotopic (exact) mass is 439 g/mol. The number of rotatable bonds is 5. The van der Waals surface area contributed by atoms with Gasteiger partial charge in [0.2, 0.25) is 0 Å². The summed E-state index contributed by atoms with van der Waals surface area (Å²) in [5, 5.41) is 4.70. The van der Waals surface area contributed by atoms with Crippen LogP contribution in [0.15, 0.2) is 76.5 Å². The molecule has 1 amide bonds. The van der Waals surface area contributed by atoms with Crippen molar-refractivity contribution in [1.29, 1.82) is 0 Å². The Hall–Kier alpha value is -2.74. The van der Waals surface area contributed by atoms with E-state index in [0.717, 1.165) is 51.5 Å². The number of benzene rings is 3. The molecule has 0 aromatic heterocycles. The normalized spacial score (nSPS) is 22.1. The van der Waals surface area contributed by atoms with Crippen LogP contribution in [0.3, 0.4) is 0 Å². The van der Waals surface area contributed by atoms with E-state index >= 15 is 4.48 Å². The highest BCUT2D eigenvalue weighted by Gasteiger charge is 2.50. The maximum Gasteiger partial charge on any atom is 0.255 e.